The third kappa shape index (κ3) is 3.46. The Hall–Kier alpha value is -3.32. The second-order valence-corrected chi connectivity index (χ2v) is 10.2. The van der Waals surface area contributed by atoms with Crippen molar-refractivity contribution in [3.05, 3.63) is 83.0 Å². The molecule has 34 heavy (non-hydrogen) atoms. The van der Waals surface area contributed by atoms with Gasteiger partial charge in [-0.2, -0.15) is 0 Å². The van der Waals surface area contributed by atoms with Gasteiger partial charge < -0.3 is 5.32 Å². The average molecular weight is 516 g/mol. The highest BCUT2D eigenvalue weighted by molar-refractivity contribution is 9.10. The Morgan fingerprint density at radius 1 is 1.03 bits per heavy atom. The lowest BCUT2D eigenvalue weighted by molar-refractivity contribution is -0.144. The number of aromatic nitrogens is 1. The van der Waals surface area contributed by atoms with Crippen molar-refractivity contribution < 1.29 is 14.4 Å². The van der Waals surface area contributed by atoms with Gasteiger partial charge in [0.15, 0.2) is 0 Å². The Kier molecular flexibility index (Phi) is 5.10. The summed E-state index contributed by atoms with van der Waals surface area (Å²) < 4.78 is 0.891. The van der Waals surface area contributed by atoms with E-state index in [2.05, 4.69) is 38.4 Å². The molecule has 1 saturated carbocycles. The number of anilines is 1. The number of carbonyl (C=O) groups excluding carboxylic acids is 3. The van der Waals surface area contributed by atoms with E-state index in [1.54, 1.807) is 6.20 Å². The SMILES string of the molecule is O=C(CC(c1ccc(Br)cc1)N1C(=O)C2C3C=CC(C3)C2C1=O)Nc1ccc2ncccc2c1. The standard InChI is InChI=1S/C27H22BrN3O3/c28-19-7-5-15(6-8-19)22(31-26(33)24-17-3-4-18(12-17)25(24)27(31)34)14-23(32)30-20-9-10-21-16(13-20)2-1-11-29-21/h1-11,13,17-18,22,24-25H,12,14H2,(H,30,32). The van der Waals surface area contributed by atoms with Gasteiger partial charge in [-0.15, -0.1) is 0 Å². The van der Waals surface area contributed by atoms with Gasteiger partial charge in [-0.25, -0.2) is 0 Å². The van der Waals surface area contributed by atoms with E-state index in [-0.39, 0.29) is 47.8 Å². The smallest absolute Gasteiger partial charge is 0.234 e. The predicted molar refractivity (Wildman–Crippen MR) is 131 cm³/mol. The summed E-state index contributed by atoms with van der Waals surface area (Å²) in [7, 11) is 0. The van der Waals surface area contributed by atoms with Crippen molar-refractivity contribution in [3.8, 4) is 0 Å². The molecule has 170 valence electrons. The number of nitrogens with one attached hydrogen (secondary N) is 1. The molecule has 1 aliphatic heterocycles. The van der Waals surface area contributed by atoms with E-state index in [1.807, 2.05) is 54.6 Å². The minimum Gasteiger partial charge on any atom is -0.326 e. The number of nitrogens with zero attached hydrogens (tertiary/aromatic N) is 2. The molecule has 2 bridgehead atoms. The highest BCUT2D eigenvalue weighted by Crippen LogP contribution is 2.54. The summed E-state index contributed by atoms with van der Waals surface area (Å²) in [4.78, 5) is 45.8. The monoisotopic (exact) mass is 515 g/mol. The number of fused-ring (bicyclic) bond motifs is 6. The first kappa shape index (κ1) is 21.2. The van der Waals surface area contributed by atoms with E-state index in [4.69, 9.17) is 0 Å². The van der Waals surface area contributed by atoms with E-state index < -0.39 is 6.04 Å². The van der Waals surface area contributed by atoms with Gasteiger partial charge in [0.2, 0.25) is 17.7 Å². The molecule has 3 amide bonds. The highest BCUT2D eigenvalue weighted by Gasteiger charge is 2.60. The maximum absolute atomic E-state index is 13.5. The Morgan fingerprint density at radius 3 is 2.44 bits per heavy atom. The van der Waals surface area contributed by atoms with Crippen molar-refractivity contribution in [2.75, 3.05) is 5.32 Å². The number of amides is 3. The van der Waals surface area contributed by atoms with Gasteiger partial charge in [-0.1, -0.05) is 46.3 Å². The highest BCUT2D eigenvalue weighted by atomic mass is 79.9. The second-order valence-electron chi connectivity index (χ2n) is 9.28. The van der Waals surface area contributed by atoms with Gasteiger partial charge in [0, 0.05) is 21.7 Å². The molecule has 2 fully saturated rings. The summed E-state index contributed by atoms with van der Waals surface area (Å²) >= 11 is 3.44. The van der Waals surface area contributed by atoms with Gasteiger partial charge in [0.05, 0.1) is 29.8 Å². The molecule has 6 rings (SSSR count). The lowest BCUT2D eigenvalue weighted by Crippen LogP contribution is -2.38. The van der Waals surface area contributed by atoms with Crippen LogP contribution in [0.3, 0.4) is 0 Å². The fraction of sp³-hybridized carbons (Fsp3) is 0.259. The van der Waals surface area contributed by atoms with Crippen molar-refractivity contribution in [2.45, 2.75) is 18.9 Å². The second kappa shape index (κ2) is 8.17. The third-order valence-corrected chi connectivity index (χ3v) is 7.87. The molecule has 3 aromatic rings. The molecule has 1 N–H and O–H groups in total. The van der Waals surface area contributed by atoms with E-state index in [9.17, 15) is 14.4 Å². The molecule has 3 aliphatic rings. The topological polar surface area (TPSA) is 79.4 Å². The Balaban J connectivity index is 1.29. The van der Waals surface area contributed by atoms with Crippen LogP contribution < -0.4 is 5.32 Å². The van der Waals surface area contributed by atoms with Gasteiger partial charge in [0.25, 0.3) is 0 Å². The number of imide groups is 1. The summed E-state index contributed by atoms with van der Waals surface area (Å²) in [5.41, 5.74) is 2.26. The number of carbonyl (C=O) groups is 3. The lowest BCUT2D eigenvalue weighted by Gasteiger charge is -2.28. The zero-order chi connectivity index (χ0) is 23.4. The molecule has 2 aromatic carbocycles. The van der Waals surface area contributed by atoms with Crippen molar-refractivity contribution in [1.82, 2.24) is 9.88 Å². The van der Waals surface area contributed by atoms with Crippen LogP contribution in [0.4, 0.5) is 5.69 Å². The van der Waals surface area contributed by atoms with Gasteiger partial charge in [-0.05, 0) is 60.2 Å². The van der Waals surface area contributed by atoms with E-state index in [1.165, 1.54) is 4.90 Å². The molecule has 2 aliphatic carbocycles. The van der Waals surface area contributed by atoms with Crippen LogP contribution in [0, 0.1) is 23.7 Å². The number of rotatable bonds is 5. The van der Waals surface area contributed by atoms with Crippen LogP contribution in [-0.4, -0.2) is 27.6 Å². The van der Waals surface area contributed by atoms with Crippen LogP contribution >= 0.6 is 15.9 Å². The van der Waals surface area contributed by atoms with Gasteiger partial charge >= 0.3 is 0 Å². The van der Waals surface area contributed by atoms with Crippen LogP contribution in [0.2, 0.25) is 0 Å². The largest absolute Gasteiger partial charge is 0.326 e. The molecular formula is C27H22BrN3O3. The molecule has 1 saturated heterocycles. The quantitative estimate of drug-likeness (QED) is 0.388. The van der Waals surface area contributed by atoms with Crippen molar-refractivity contribution >= 4 is 50.2 Å². The normalized spacial score (nSPS) is 25.7. The maximum atomic E-state index is 13.5. The lowest BCUT2D eigenvalue weighted by atomic mass is 9.85. The molecule has 6 nitrogen and oxygen atoms in total. The maximum Gasteiger partial charge on any atom is 0.234 e. The van der Waals surface area contributed by atoms with Crippen LogP contribution in [0.5, 0.6) is 0 Å². The minimum absolute atomic E-state index is 0.00755. The van der Waals surface area contributed by atoms with Crippen molar-refractivity contribution in [3.63, 3.8) is 0 Å². The summed E-state index contributed by atoms with van der Waals surface area (Å²) in [5.74, 6) is -0.888. The Labute approximate surface area is 205 Å². The molecule has 5 atom stereocenters. The first-order chi connectivity index (χ1) is 16.5. The fourth-order valence-electron chi connectivity index (χ4n) is 5.82. The number of likely N-dealkylation sites (tertiary alicyclic amines) is 1. The van der Waals surface area contributed by atoms with Crippen LogP contribution in [0.15, 0.2) is 77.4 Å². The van der Waals surface area contributed by atoms with E-state index >= 15 is 0 Å². The summed E-state index contributed by atoms with van der Waals surface area (Å²) in [6, 6.07) is 16.1. The molecule has 5 unspecified atom stereocenters. The van der Waals surface area contributed by atoms with Crippen LogP contribution in [-0.2, 0) is 14.4 Å². The Morgan fingerprint density at radius 2 is 1.74 bits per heavy atom. The average Bonchev–Trinajstić information content (AvgIpc) is 3.52. The zero-order valence-electron chi connectivity index (χ0n) is 18.2. The molecule has 0 spiro atoms. The van der Waals surface area contributed by atoms with Crippen molar-refractivity contribution in [1.29, 1.82) is 0 Å². The molecular weight excluding hydrogens is 494 g/mol. The number of benzene rings is 2. The van der Waals surface area contributed by atoms with Crippen LogP contribution in [0.25, 0.3) is 10.9 Å². The number of halogens is 1. The number of hydrogen-bond acceptors (Lipinski definition) is 4. The fourth-order valence-corrected chi connectivity index (χ4v) is 6.08. The molecule has 2 heterocycles. The third-order valence-electron chi connectivity index (χ3n) is 7.34. The van der Waals surface area contributed by atoms with E-state index in [0.717, 1.165) is 27.4 Å². The zero-order valence-corrected chi connectivity index (χ0v) is 19.8. The number of allylic oxidation sites excluding steroid dienone is 2. The summed E-state index contributed by atoms with van der Waals surface area (Å²) in [5, 5.41) is 3.86. The number of pyridine rings is 1. The van der Waals surface area contributed by atoms with E-state index in [0.29, 0.717) is 5.69 Å². The van der Waals surface area contributed by atoms with Gasteiger partial charge in [-0.3, -0.25) is 24.3 Å². The Bertz CT molecular complexity index is 1320. The summed E-state index contributed by atoms with van der Waals surface area (Å²) in [6.45, 7) is 0. The first-order valence-electron chi connectivity index (χ1n) is 11.4. The molecule has 0 radical (unpaired) electrons. The predicted octanol–water partition coefficient (Wildman–Crippen LogP) is 4.87. The molecule has 1 aromatic heterocycles. The summed E-state index contributed by atoms with van der Waals surface area (Å²) in [6.07, 6.45) is 6.75. The van der Waals surface area contributed by atoms with Gasteiger partial charge in [0.1, 0.15) is 0 Å². The number of hydrogen-bond donors (Lipinski definition) is 1. The molecule has 7 heteroatoms. The van der Waals surface area contributed by atoms with Crippen molar-refractivity contribution in [2.24, 2.45) is 23.7 Å². The first-order valence-corrected chi connectivity index (χ1v) is 12.2. The van der Waals surface area contributed by atoms with Crippen LogP contribution in [0.1, 0.15) is 24.4 Å². The minimum atomic E-state index is -0.653.